The minimum Gasteiger partial charge on any atom is -0.479 e. The van der Waals surface area contributed by atoms with Crippen LogP contribution < -0.4 is 0 Å². The highest BCUT2D eigenvalue weighted by Crippen LogP contribution is 2.44. The molecule has 0 radical (unpaired) electrons. The Morgan fingerprint density at radius 2 is 2.23 bits per heavy atom. The van der Waals surface area contributed by atoms with E-state index in [0.717, 1.165) is 12.8 Å². The van der Waals surface area contributed by atoms with Gasteiger partial charge in [0.15, 0.2) is 5.60 Å². The van der Waals surface area contributed by atoms with Gasteiger partial charge in [-0.05, 0) is 25.2 Å². The summed E-state index contributed by atoms with van der Waals surface area (Å²) in [5.41, 5.74) is -1.04. The smallest absolute Gasteiger partial charge is 0.336 e. The minimum absolute atomic E-state index is 0.108. The summed E-state index contributed by atoms with van der Waals surface area (Å²) in [5, 5.41) is 17.6. The minimum atomic E-state index is -1.04. The van der Waals surface area contributed by atoms with Gasteiger partial charge in [0.1, 0.15) is 0 Å². The SMILES string of the molecule is CCC(OCCO)(C(=O)O)C1CC1. The van der Waals surface area contributed by atoms with E-state index in [2.05, 4.69) is 0 Å². The number of carboxylic acid groups (broad SMARTS) is 1. The van der Waals surface area contributed by atoms with Crippen molar-refractivity contribution in [3.05, 3.63) is 0 Å². The Balaban J connectivity index is 2.64. The van der Waals surface area contributed by atoms with E-state index in [-0.39, 0.29) is 19.1 Å². The lowest BCUT2D eigenvalue weighted by Gasteiger charge is -2.28. The van der Waals surface area contributed by atoms with Gasteiger partial charge in [-0.3, -0.25) is 0 Å². The maximum atomic E-state index is 11.0. The lowest BCUT2D eigenvalue weighted by Crippen LogP contribution is -2.44. The Bertz CT molecular complexity index is 188. The van der Waals surface area contributed by atoms with Crippen molar-refractivity contribution in [3.63, 3.8) is 0 Å². The monoisotopic (exact) mass is 188 g/mol. The molecular formula is C9H16O4. The van der Waals surface area contributed by atoms with Gasteiger partial charge in [0.25, 0.3) is 0 Å². The summed E-state index contributed by atoms with van der Waals surface area (Å²) in [6.07, 6.45) is 2.31. The van der Waals surface area contributed by atoms with Crippen LogP contribution in [0.4, 0.5) is 0 Å². The van der Waals surface area contributed by atoms with E-state index in [9.17, 15) is 4.79 Å². The van der Waals surface area contributed by atoms with Crippen LogP contribution in [0.1, 0.15) is 26.2 Å². The first-order valence-electron chi connectivity index (χ1n) is 4.65. The second-order valence-corrected chi connectivity index (χ2v) is 3.39. The molecule has 13 heavy (non-hydrogen) atoms. The van der Waals surface area contributed by atoms with E-state index in [1.807, 2.05) is 6.92 Å². The summed E-state index contributed by atoms with van der Waals surface area (Å²) in [6, 6.07) is 0. The molecule has 1 aliphatic rings. The fourth-order valence-electron chi connectivity index (χ4n) is 1.67. The van der Waals surface area contributed by atoms with Crippen molar-refractivity contribution in [1.29, 1.82) is 0 Å². The third-order valence-electron chi connectivity index (χ3n) is 2.57. The lowest BCUT2D eigenvalue weighted by molar-refractivity contribution is -0.171. The Labute approximate surface area is 77.5 Å². The number of ether oxygens (including phenoxy) is 1. The second-order valence-electron chi connectivity index (χ2n) is 3.39. The Kier molecular flexibility index (Phi) is 3.27. The molecule has 1 atom stereocenters. The van der Waals surface area contributed by atoms with Crippen LogP contribution in [0.3, 0.4) is 0 Å². The molecule has 0 bridgehead atoms. The highest BCUT2D eigenvalue weighted by Gasteiger charge is 2.50. The number of rotatable bonds is 6. The van der Waals surface area contributed by atoms with Crippen LogP contribution in [0.25, 0.3) is 0 Å². The number of aliphatic carboxylic acids is 1. The van der Waals surface area contributed by atoms with Crippen molar-refractivity contribution in [2.45, 2.75) is 31.8 Å². The number of aliphatic hydroxyl groups excluding tert-OH is 1. The first-order chi connectivity index (χ1) is 6.17. The molecule has 1 unspecified atom stereocenters. The van der Waals surface area contributed by atoms with Gasteiger partial charge in [0, 0.05) is 0 Å². The number of carbonyl (C=O) groups is 1. The van der Waals surface area contributed by atoms with Crippen LogP contribution >= 0.6 is 0 Å². The summed E-state index contributed by atoms with van der Waals surface area (Å²) in [4.78, 5) is 11.0. The third-order valence-corrected chi connectivity index (χ3v) is 2.57. The summed E-state index contributed by atoms with van der Waals surface area (Å²) < 4.78 is 5.26. The number of hydrogen-bond donors (Lipinski definition) is 2. The van der Waals surface area contributed by atoms with E-state index in [1.54, 1.807) is 0 Å². The Morgan fingerprint density at radius 1 is 1.62 bits per heavy atom. The molecule has 0 saturated heterocycles. The van der Waals surface area contributed by atoms with Gasteiger partial charge in [0.2, 0.25) is 0 Å². The summed E-state index contributed by atoms with van der Waals surface area (Å²) in [5.74, 6) is -0.757. The third kappa shape index (κ3) is 2.00. The van der Waals surface area contributed by atoms with Crippen molar-refractivity contribution >= 4 is 5.97 Å². The molecule has 76 valence electrons. The molecule has 0 aromatic heterocycles. The zero-order valence-corrected chi connectivity index (χ0v) is 7.82. The molecule has 1 rings (SSSR count). The van der Waals surface area contributed by atoms with Gasteiger partial charge in [-0.1, -0.05) is 6.92 Å². The van der Waals surface area contributed by atoms with Crippen molar-refractivity contribution < 1.29 is 19.7 Å². The largest absolute Gasteiger partial charge is 0.479 e. The van der Waals surface area contributed by atoms with Crippen LogP contribution in [0.5, 0.6) is 0 Å². The predicted octanol–water partition coefficient (Wildman–Crippen LogP) is 0.639. The standard InChI is InChI=1S/C9H16O4/c1-2-9(8(11)12,7-3-4-7)13-6-5-10/h7,10H,2-6H2,1H3,(H,11,12). The zero-order valence-electron chi connectivity index (χ0n) is 7.82. The van der Waals surface area contributed by atoms with Crippen molar-refractivity contribution in [3.8, 4) is 0 Å². The molecular weight excluding hydrogens is 172 g/mol. The normalized spacial score (nSPS) is 21.1. The van der Waals surface area contributed by atoms with Gasteiger partial charge in [0.05, 0.1) is 13.2 Å². The molecule has 0 aromatic carbocycles. The van der Waals surface area contributed by atoms with E-state index < -0.39 is 11.6 Å². The van der Waals surface area contributed by atoms with Crippen LogP contribution in [0.2, 0.25) is 0 Å². The maximum absolute atomic E-state index is 11.0. The molecule has 1 fully saturated rings. The van der Waals surface area contributed by atoms with Crippen molar-refractivity contribution in [2.24, 2.45) is 5.92 Å². The molecule has 0 spiro atoms. The van der Waals surface area contributed by atoms with Gasteiger partial charge >= 0.3 is 5.97 Å². The Morgan fingerprint density at radius 3 is 2.54 bits per heavy atom. The van der Waals surface area contributed by atoms with E-state index in [1.165, 1.54) is 0 Å². The molecule has 4 nitrogen and oxygen atoms in total. The summed E-state index contributed by atoms with van der Waals surface area (Å²) >= 11 is 0. The van der Waals surface area contributed by atoms with Gasteiger partial charge in [-0.25, -0.2) is 4.79 Å². The Hall–Kier alpha value is -0.610. The first-order valence-corrected chi connectivity index (χ1v) is 4.65. The molecule has 4 heteroatoms. The lowest BCUT2D eigenvalue weighted by atomic mass is 9.94. The predicted molar refractivity (Wildman–Crippen MR) is 46.4 cm³/mol. The van der Waals surface area contributed by atoms with Gasteiger partial charge in [-0.2, -0.15) is 0 Å². The maximum Gasteiger partial charge on any atom is 0.336 e. The van der Waals surface area contributed by atoms with Crippen LogP contribution in [-0.2, 0) is 9.53 Å². The summed E-state index contributed by atoms with van der Waals surface area (Å²) in [6.45, 7) is 1.79. The highest BCUT2D eigenvalue weighted by atomic mass is 16.5. The van der Waals surface area contributed by atoms with Gasteiger partial charge < -0.3 is 14.9 Å². The van der Waals surface area contributed by atoms with Crippen LogP contribution in [0, 0.1) is 5.92 Å². The number of hydrogen-bond acceptors (Lipinski definition) is 3. The molecule has 0 heterocycles. The van der Waals surface area contributed by atoms with Crippen LogP contribution in [0.15, 0.2) is 0 Å². The summed E-state index contributed by atoms with van der Waals surface area (Å²) in [7, 11) is 0. The van der Waals surface area contributed by atoms with Gasteiger partial charge in [-0.15, -0.1) is 0 Å². The first kappa shape index (κ1) is 10.5. The average Bonchev–Trinajstić information content (AvgIpc) is 2.90. The number of carboxylic acids is 1. The molecule has 0 aromatic rings. The molecule has 0 amide bonds. The zero-order chi connectivity index (χ0) is 9.90. The van der Waals surface area contributed by atoms with E-state index in [0.29, 0.717) is 6.42 Å². The molecule has 1 aliphatic carbocycles. The van der Waals surface area contributed by atoms with Crippen LogP contribution in [-0.4, -0.2) is 35.0 Å². The van der Waals surface area contributed by atoms with Crippen molar-refractivity contribution in [1.82, 2.24) is 0 Å². The molecule has 1 saturated carbocycles. The van der Waals surface area contributed by atoms with Crippen molar-refractivity contribution in [2.75, 3.05) is 13.2 Å². The molecule has 2 N–H and O–H groups in total. The fraction of sp³-hybridized carbons (Fsp3) is 0.889. The topological polar surface area (TPSA) is 66.8 Å². The average molecular weight is 188 g/mol. The van der Waals surface area contributed by atoms with E-state index in [4.69, 9.17) is 14.9 Å². The second kappa shape index (κ2) is 4.07. The quantitative estimate of drug-likeness (QED) is 0.642. The molecule has 0 aliphatic heterocycles. The number of aliphatic hydroxyl groups is 1. The van der Waals surface area contributed by atoms with E-state index >= 15 is 0 Å². The highest BCUT2D eigenvalue weighted by molar-refractivity contribution is 5.78. The fourth-order valence-corrected chi connectivity index (χ4v) is 1.67.